The molecule has 0 amide bonds. The summed E-state index contributed by atoms with van der Waals surface area (Å²) in [5.74, 6) is 0.589. The zero-order valence-corrected chi connectivity index (χ0v) is 16.6. The second kappa shape index (κ2) is 7.72. The van der Waals surface area contributed by atoms with Crippen LogP contribution in [0.5, 0.6) is 5.88 Å². The summed E-state index contributed by atoms with van der Waals surface area (Å²) < 4.78 is 5.06. The van der Waals surface area contributed by atoms with E-state index in [2.05, 4.69) is 25.3 Å². The summed E-state index contributed by atoms with van der Waals surface area (Å²) in [6.07, 6.45) is 5.98. The molecule has 0 spiro atoms. The van der Waals surface area contributed by atoms with Gasteiger partial charge < -0.3 is 15.0 Å². The Morgan fingerprint density at radius 1 is 1.22 bits per heavy atom. The van der Waals surface area contributed by atoms with Crippen molar-refractivity contribution in [3.05, 3.63) is 63.0 Å². The van der Waals surface area contributed by atoms with E-state index in [0.29, 0.717) is 29.0 Å². The molecule has 4 aromatic rings. The molecule has 0 bridgehead atoms. The number of fused-ring (bicyclic) bond motifs is 1. The van der Waals surface area contributed by atoms with Gasteiger partial charge in [-0.25, -0.2) is 15.0 Å². The maximum absolute atomic E-state index is 6.34. The van der Waals surface area contributed by atoms with Crippen LogP contribution in [0.15, 0.2) is 36.8 Å². The van der Waals surface area contributed by atoms with Crippen molar-refractivity contribution in [3.63, 3.8) is 0 Å². The van der Waals surface area contributed by atoms with Crippen LogP contribution in [-0.4, -0.2) is 27.0 Å². The molecule has 4 rings (SSSR count). The zero-order valence-electron chi connectivity index (χ0n) is 14.3. The number of rotatable bonds is 6. The summed E-state index contributed by atoms with van der Waals surface area (Å²) in [7, 11) is 1.59. The van der Waals surface area contributed by atoms with Gasteiger partial charge in [-0.05, 0) is 17.2 Å². The van der Waals surface area contributed by atoms with Gasteiger partial charge in [-0.1, -0.05) is 29.3 Å². The summed E-state index contributed by atoms with van der Waals surface area (Å²) >= 11 is 13.9. The second-order valence-electron chi connectivity index (χ2n) is 5.84. The lowest BCUT2D eigenvalue weighted by Crippen LogP contribution is -1.99. The third-order valence-corrected chi connectivity index (χ3v) is 5.68. The van der Waals surface area contributed by atoms with E-state index in [9.17, 15) is 0 Å². The topological polar surface area (TPSA) is 75.7 Å². The Bertz CT molecular complexity index is 1080. The van der Waals surface area contributed by atoms with E-state index in [1.807, 2.05) is 24.4 Å². The van der Waals surface area contributed by atoms with Crippen LogP contribution in [0.2, 0.25) is 10.2 Å². The number of thiazole rings is 1. The monoisotopic (exact) mass is 419 g/mol. The maximum Gasteiger partial charge on any atom is 0.212 e. The van der Waals surface area contributed by atoms with Gasteiger partial charge in [-0.2, -0.15) is 0 Å². The Morgan fingerprint density at radius 2 is 2.11 bits per heavy atom. The Hall–Kier alpha value is -2.35. The van der Waals surface area contributed by atoms with Crippen molar-refractivity contribution in [1.29, 1.82) is 0 Å². The SMILES string of the molecule is COc1ccc(CNc2nc(Cl)c(Cc3c[nH]c4ncc(Cl)cc34)s2)cn1. The fourth-order valence-electron chi connectivity index (χ4n) is 2.68. The first kappa shape index (κ1) is 18.0. The van der Waals surface area contributed by atoms with Crippen LogP contribution in [0.3, 0.4) is 0 Å². The molecule has 4 heterocycles. The predicted molar refractivity (Wildman–Crippen MR) is 109 cm³/mol. The highest BCUT2D eigenvalue weighted by Crippen LogP contribution is 2.31. The van der Waals surface area contributed by atoms with Crippen molar-refractivity contribution in [3.8, 4) is 5.88 Å². The minimum atomic E-state index is 0.500. The number of nitrogens with zero attached hydrogens (tertiary/aromatic N) is 3. The first-order chi connectivity index (χ1) is 13.1. The molecule has 0 aliphatic carbocycles. The third kappa shape index (κ3) is 4.00. The highest BCUT2D eigenvalue weighted by atomic mass is 35.5. The number of pyridine rings is 2. The third-order valence-electron chi connectivity index (χ3n) is 4.03. The molecule has 4 aromatic heterocycles. The lowest BCUT2D eigenvalue weighted by atomic mass is 10.1. The Morgan fingerprint density at radius 3 is 2.89 bits per heavy atom. The van der Waals surface area contributed by atoms with E-state index in [4.69, 9.17) is 27.9 Å². The minimum Gasteiger partial charge on any atom is -0.481 e. The number of aromatic nitrogens is 4. The molecule has 0 saturated heterocycles. The fourth-order valence-corrected chi connectivity index (χ4v) is 4.03. The minimum absolute atomic E-state index is 0.500. The average molecular weight is 420 g/mol. The van der Waals surface area contributed by atoms with Crippen molar-refractivity contribution in [2.24, 2.45) is 0 Å². The van der Waals surface area contributed by atoms with E-state index in [1.165, 1.54) is 11.3 Å². The lowest BCUT2D eigenvalue weighted by molar-refractivity contribution is 0.397. The van der Waals surface area contributed by atoms with Gasteiger partial charge in [0.2, 0.25) is 5.88 Å². The number of anilines is 1. The molecule has 0 aliphatic heterocycles. The van der Waals surface area contributed by atoms with Crippen LogP contribution in [0.4, 0.5) is 5.13 Å². The predicted octanol–water partition coefficient (Wildman–Crippen LogP) is 4.93. The number of nitrogens with one attached hydrogen (secondary N) is 2. The zero-order chi connectivity index (χ0) is 18.8. The number of ether oxygens (including phenoxy) is 1. The van der Waals surface area contributed by atoms with Crippen molar-refractivity contribution in [2.75, 3.05) is 12.4 Å². The van der Waals surface area contributed by atoms with Crippen LogP contribution in [0.25, 0.3) is 11.0 Å². The summed E-state index contributed by atoms with van der Waals surface area (Å²) in [5, 5.41) is 6.15. The molecule has 2 N–H and O–H groups in total. The largest absolute Gasteiger partial charge is 0.481 e. The molecule has 0 aliphatic rings. The molecule has 0 radical (unpaired) electrons. The molecule has 138 valence electrons. The molecule has 0 atom stereocenters. The van der Waals surface area contributed by atoms with Crippen molar-refractivity contribution in [2.45, 2.75) is 13.0 Å². The highest BCUT2D eigenvalue weighted by Gasteiger charge is 2.13. The number of halogens is 2. The van der Waals surface area contributed by atoms with Crippen LogP contribution < -0.4 is 10.1 Å². The van der Waals surface area contributed by atoms with E-state index in [0.717, 1.165) is 32.2 Å². The van der Waals surface area contributed by atoms with E-state index < -0.39 is 0 Å². The maximum atomic E-state index is 6.34. The first-order valence-electron chi connectivity index (χ1n) is 8.12. The normalized spacial score (nSPS) is 11.1. The Labute approximate surface area is 169 Å². The molecule has 0 unspecified atom stereocenters. The van der Waals surface area contributed by atoms with Crippen LogP contribution >= 0.6 is 34.5 Å². The van der Waals surface area contributed by atoms with E-state index in [1.54, 1.807) is 19.5 Å². The lowest BCUT2D eigenvalue weighted by Gasteiger charge is -2.03. The van der Waals surface area contributed by atoms with Gasteiger partial charge in [0.1, 0.15) is 10.8 Å². The van der Waals surface area contributed by atoms with E-state index >= 15 is 0 Å². The summed E-state index contributed by atoms with van der Waals surface area (Å²) in [6, 6.07) is 5.69. The smallest absolute Gasteiger partial charge is 0.212 e. The van der Waals surface area contributed by atoms with Gasteiger partial charge in [0.05, 0.1) is 17.0 Å². The second-order valence-corrected chi connectivity index (χ2v) is 7.71. The molecule has 0 saturated carbocycles. The molecular formula is C18H15Cl2N5OS. The molecule has 9 heteroatoms. The summed E-state index contributed by atoms with van der Waals surface area (Å²) in [5.41, 5.74) is 2.91. The molecule has 27 heavy (non-hydrogen) atoms. The van der Waals surface area contributed by atoms with Gasteiger partial charge in [0.15, 0.2) is 5.13 Å². The molecule has 6 nitrogen and oxygen atoms in total. The molecule has 0 fully saturated rings. The van der Waals surface area contributed by atoms with Crippen molar-refractivity contribution >= 4 is 50.7 Å². The highest BCUT2D eigenvalue weighted by molar-refractivity contribution is 7.16. The first-order valence-corrected chi connectivity index (χ1v) is 9.69. The Balaban J connectivity index is 1.48. The number of hydrogen-bond donors (Lipinski definition) is 2. The van der Waals surface area contributed by atoms with Crippen molar-refractivity contribution < 1.29 is 4.74 Å². The Kier molecular flexibility index (Phi) is 5.15. The number of H-pyrrole nitrogens is 1. The van der Waals surface area contributed by atoms with Gasteiger partial charge in [0.25, 0.3) is 0 Å². The van der Waals surface area contributed by atoms with E-state index in [-0.39, 0.29) is 0 Å². The number of methoxy groups -OCH3 is 1. The molecule has 0 aromatic carbocycles. The van der Waals surface area contributed by atoms with Gasteiger partial charge >= 0.3 is 0 Å². The quantitative estimate of drug-likeness (QED) is 0.463. The summed E-state index contributed by atoms with van der Waals surface area (Å²) in [6.45, 7) is 0.604. The van der Waals surface area contributed by atoms with Crippen LogP contribution in [0.1, 0.15) is 16.0 Å². The van der Waals surface area contributed by atoms with Gasteiger partial charge in [-0.15, -0.1) is 11.3 Å². The standard InChI is InChI=1S/C18H15Cl2N5OS/c1-26-15-3-2-10(6-21-15)7-24-18-25-16(20)14(27-18)4-11-8-22-17-13(11)5-12(19)9-23-17/h2-3,5-6,8-9H,4,7H2,1H3,(H,22,23)(H,24,25). The number of hydrogen-bond acceptors (Lipinski definition) is 6. The summed E-state index contributed by atoms with van der Waals surface area (Å²) in [4.78, 5) is 17.0. The molecular weight excluding hydrogens is 405 g/mol. The van der Waals surface area contributed by atoms with Gasteiger partial charge in [0, 0.05) is 43.0 Å². The van der Waals surface area contributed by atoms with Crippen LogP contribution in [-0.2, 0) is 13.0 Å². The van der Waals surface area contributed by atoms with Gasteiger partial charge in [-0.3, -0.25) is 0 Å². The van der Waals surface area contributed by atoms with Crippen molar-refractivity contribution in [1.82, 2.24) is 19.9 Å². The average Bonchev–Trinajstić information content (AvgIpc) is 3.24. The van der Waals surface area contributed by atoms with Crippen LogP contribution in [0, 0.1) is 0 Å². The number of aromatic amines is 1. The fraction of sp³-hybridized carbons (Fsp3) is 0.167.